The summed E-state index contributed by atoms with van der Waals surface area (Å²) in [5.41, 5.74) is 4.46. The molecule has 0 atom stereocenters. The minimum Gasteiger partial charge on any atom is -0.396 e. The number of carbonyl (C=O) groups excluding carboxylic acids is 1. The van der Waals surface area contributed by atoms with Crippen LogP contribution in [0.5, 0.6) is 0 Å². The second-order valence-corrected chi connectivity index (χ2v) is 6.51. The Morgan fingerprint density at radius 3 is 2.61 bits per heavy atom. The Morgan fingerprint density at radius 1 is 1.25 bits per heavy atom. The number of carbonyl (C=O) groups is 1. The number of oxime groups is 1. The van der Waals surface area contributed by atoms with E-state index < -0.39 is 0 Å². The lowest BCUT2D eigenvalue weighted by Gasteiger charge is -2.11. The molecule has 0 saturated heterocycles. The molecule has 0 unspecified atom stereocenters. The molecule has 3 rings (SSSR count). The smallest absolute Gasteiger partial charge is 0.260 e. The van der Waals surface area contributed by atoms with Crippen LogP contribution in [-0.4, -0.2) is 28.5 Å². The molecule has 0 aliphatic rings. The number of para-hydroxylation sites is 1. The lowest BCUT2D eigenvalue weighted by Crippen LogP contribution is -2.13. The van der Waals surface area contributed by atoms with Gasteiger partial charge in [0.25, 0.3) is 5.91 Å². The first-order valence-corrected chi connectivity index (χ1v) is 9.24. The molecule has 1 heterocycles. The number of amides is 1. The van der Waals surface area contributed by atoms with Gasteiger partial charge >= 0.3 is 0 Å². The number of aromatic nitrogens is 2. The van der Waals surface area contributed by atoms with Gasteiger partial charge in [-0.1, -0.05) is 59.2 Å². The van der Waals surface area contributed by atoms with Crippen molar-refractivity contribution in [3.63, 3.8) is 0 Å². The van der Waals surface area contributed by atoms with Crippen molar-refractivity contribution in [3.05, 3.63) is 70.5 Å². The number of nitrogens with zero attached hydrogens (tertiary/aromatic N) is 3. The van der Waals surface area contributed by atoms with Gasteiger partial charge < -0.3 is 10.2 Å². The number of halogens is 1. The van der Waals surface area contributed by atoms with E-state index >= 15 is 0 Å². The molecule has 0 radical (unpaired) electrons. The summed E-state index contributed by atoms with van der Waals surface area (Å²) < 4.78 is 1.49. The average Bonchev–Trinajstić information content (AvgIpc) is 2.95. The van der Waals surface area contributed by atoms with Crippen LogP contribution in [-0.2, 0) is 11.9 Å². The summed E-state index contributed by atoms with van der Waals surface area (Å²) in [5, 5.41) is 11.3. The molecule has 0 fully saturated rings. The van der Waals surface area contributed by atoms with Crippen LogP contribution in [0.2, 0.25) is 5.15 Å². The number of aryl methyl sites for hydroxylation is 2. The fourth-order valence-corrected chi connectivity index (χ4v) is 3.10. The maximum Gasteiger partial charge on any atom is 0.260 e. The molecule has 1 amide bonds. The van der Waals surface area contributed by atoms with Crippen LogP contribution in [0.15, 0.2) is 53.7 Å². The third-order valence-electron chi connectivity index (χ3n) is 4.18. The minimum atomic E-state index is -0.288. The van der Waals surface area contributed by atoms with E-state index in [-0.39, 0.29) is 5.91 Å². The van der Waals surface area contributed by atoms with Gasteiger partial charge in [-0.15, -0.1) is 0 Å². The van der Waals surface area contributed by atoms with Crippen LogP contribution in [0.25, 0.3) is 11.1 Å². The third kappa shape index (κ3) is 4.23. The Morgan fingerprint density at radius 2 is 1.96 bits per heavy atom. The van der Waals surface area contributed by atoms with E-state index in [2.05, 4.69) is 15.6 Å². The molecule has 0 spiro atoms. The minimum absolute atomic E-state index is 0.288. The Kier molecular flexibility index (Phi) is 6.11. The summed E-state index contributed by atoms with van der Waals surface area (Å²) in [6, 6.07) is 15.4. The zero-order valence-electron chi connectivity index (χ0n) is 15.9. The number of hydrogen-bond donors (Lipinski definition) is 1. The van der Waals surface area contributed by atoms with Crippen molar-refractivity contribution in [2.45, 2.75) is 13.8 Å². The molecular formula is C21H21ClN4O2. The number of benzene rings is 2. The Bertz CT molecular complexity index is 1010. The molecule has 144 valence electrons. The molecule has 0 aliphatic carbocycles. The normalized spacial score (nSPS) is 11.0. The topological polar surface area (TPSA) is 68.5 Å². The van der Waals surface area contributed by atoms with Gasteiger partial charge in [-0.3, -0.25) is 9.48 Å². The summed E-state index contributed by atoms with van der Waals surface area (Å²) in [7, 11) is 1.70. The van der Waals surface area contributed by atoms with Crippen molar-refractivity contribution in [1.82, 2.24) is 9.78 Å². The van der Waals surface area contributed by atoms with Crippen LogP contribution in [0.4, 0.5) is 5.69 Å². The number of nitrogens with one attached hydrogen (secondary N) is 1. The highest BCUT2D eigenvalue weighted by atomic mass is 35.5. The molecule has 7 heteroatoms. The predicted molar refractivity (Wildman–Crippen MR) is 112 cm³/mol. The second-order valence-electron chi connectivity index (χ2n) is 6.15. The van der Waals surface area contributed by atoms with Gasteiger partial charge in [0, 0.05) is 18.3 Å². The SMILES string of the molecule is CCO/N=C/c1ccc(-c2ccccc2NC(=O)c2c(C)nn(C)c2Cl)cc1. The average molecular weight is 397 g/mol. The Balaban J connectivity index is 1.86. The molecule has 6 nitrogen and oxygen atoms in total. The summed E-state index contributed by atoms with van der Waals surface area (Å²) >= 11 is 6.22. The van der Waals surface area contributed by atoms with Gasteiger partial charge in [0.15, 0.2) is 0 Å². The van der Waals surface area contributed by atoms with Gasteiger partial charge in [0.05, 0.1) is 17.5 Å². The summed E-state index contributed by atoms with van der Waals surface area (Å²) in [6.45, 7) is 4.17. The number of anilines is 1. The lowest BCUT2D eigenvalue weighted by molar-refractivity contribution is 0.102. The van der Waals surface area contributed by atoms with E-state index in [4.69, 9.17) is 16.4 Å². The van der Waals surface area contributed by atoms with Gasteiger partial charge in [-0.2, -0.15) is 5.10 Å². The quantitative estimate of drug-likeness (QED) is 0.486. The lowest BCUT2D eigenvalue weighted by atomic mass is 10.0. The van der Waals surface area contributed by atoms with Crippen molar-refractivity contribution in [2.75, 3.05) is 11.9 Å². The fourth-order valence-electron chi connectivity index (χ4n) is 2.84. The summed E-state index contributed by atoms with van der Waals surface area (Å²) in [5.74, 6) is -0.288. The molecule has 1 N–H and O–H groups in total. The Hall–Kier alpha value is -3.12. The maximum absolute atomic E-state index is 12.8. The highest BCUT2D eigenvalue weighted by Gasteiger charge is 2.20. The van der Waals surface area contributed by atoms with Crippen molar-refractivity contribution in [2.24, 2.45) is 12.2 Å². The van der Waals surface area contributed by atoms with E-state index in [0.29, 0.717) is 28.7 Å². The van der Waals surface area contributed by atoms with E-state index in [1.54, 1.807) is 20.2 Å². The van der Waals surface area contributed by atoms with E-state index in [9.17, 15) is 4.79 Å². The third-order valence-corrected chi connectivity index (χ3v) is 4.62. The molecule has 0 bridgehead atoms. The van der Waals surface area contributed by atoms with Crippen LogP contribution in [0.1, 0.15) is 28.5 Å². The second kappa shape index (κ2) is 8.71. The number of rotatable bonds is 6. The molecular weight excluding hydrogens is 376 g/mol. The first kappa shape index (κ1) is 19.6. The van der Waals surface area contributed by atoms with Gasteiger partial charge in [-0.05, 0) is 31.0 Å². The van der Waals surface area contributed by atoms with E-state index in [1.807, 2.05) is 55.5 Å². The molecule has 28 heavy (non-hydrogen) atoms. The molecule has 0 aliphatic heterocycles. The summed E-state index contributed by atoms with van der Waals surface area (Å²) in [4.78, 5) is 17.8. The van der Waals surface area contributed by atoms with Crippen LogP contribution in [0, 0.1) is 6.92 Å². The van der Waals surface area contributed by atoms with Gasteiger partial charge in [0.1, 0.15) is 11.8 Å². The monoisotopic (exact) mass is 396 g/mol. The first-order valence-electron chi connectivity index (χ1n) is 8.86. The molecule has 2 aromatic carbocycles. The highest BCUT2D eigenvalue weighted by molar-refractivity contribution is 6.33. The van der Waals surface area contributed by atoms with Gasteiger partial charge in [0.2, 0.25) is 0 Å². The van der Waals surface area contributed by atoms with Crippen LogP contribution >= 0.6 is 11.6 Å². The zero-order chi connectivity index (χ0) is 20.1. The van der Waals surface area contributed by atoms with Crippen molar-refractivity contribution in [1.29, 1.82) is 0 Å². The van der Waals surface area contributed by atoms with Crippen molar-refractivity contribution < 1.29 is 9.63 Å². The fraction of sp³-hybridized carbons (Fsp3) is 0.190. The van der Waals surface area contributed by atoms with E-state index in [1.165, 1.54) is 4.68 Å². The maximum atomic E-state index is 12.8. The highest BCUT2D eigenvalue weighted by Crippen LogP contribution is 2.29. The molecule has 3 aromatic rings. The van der Waals surface area contributed by atoms with Crippen LogP contribution < -0.4 is 5.32 Å². The van der Waals surface area contributed by atoms with Crippen molar-refractivity contribution >= 4 is 29.4 Å². The molecule has 0 saturated carbocycles. The molecule has 1 aromatic heterocycles. The first-order chi connectivity index (χ1) is 13.5. The predicted octanol–water partition coefficient (Wildman–Crippen LogP) is 4.67. The zero-order valence-corrected chi connectivity index (χ0v) is 16.7. The van der Waals surface area contributed by atoms with Crippen molar-refractivity contribution in [3.8, 4) is 11.1 Å². The van der Waals surface area contributed by atoms with E-state index in [0.717, 1.165) is 16.7 Å². The Labute approximate surface area is 168 Å². The number of hydrogen-bond acceptors (Lipinski definition) is 4. The summed E-state index contributed by atoms with van der Waals surface area (Å²) in [6.07, 6.45) is 1.66. The largest absolute Gasteiger partial charge is 0.396 e. The van der Waals surface area contributed by atoms with Crippen LogP contribution in [0.3, 0.4) is 0 Å². The van der Waals surface area contributed by atoms with Gasteiger partial charge in [-0.25, -0.2) is 0 Å². The standard InChI is InChI=1S/C21H21ClN4O2/c1-4-28-23-13-15-9-11-16(12-10-15)17-7-5-6-8-18(17)24-21(27)19-14(2)25-26(3)20(19)22/h5-13H,4H2,1-3H3,(H,24,27)/b23-13+.